The van der Waals surface area contributed by atoms with Gasteiger partial charge in [-0.05, 0) is 12.1 Å². The van der Waals surface area contributed by atoms with Crippen LogP contribution in [0.2, 0.25) is 5.02 Å². The zero-order chi connectivity index (χ0) is 16.4. The van der Waals surface area contributed by atoms with Gasteiger partial charge in [0, 0.05) is 5.56 Å². The van der Waals surface area contributed by atoms with E-state index in [0.717, 1.165) is 11.3 Å². The third-order valence-electron chi connectivity index (χ3n) is 3.39. The Morgan fingerprint density at radius 3 is 2.17 bits per heavy atom. The number of hydrogen-bond donors (Lipinski definition) is 2. The smallest absolute Gasteiger partial charge is 0.338 e. The summed E-state index contributed by atoms with van der Waals surface area (Å²) in [5.74, 6) is -1.40. The largest absolute Gasteiger partial charge is 0.479 e. The number of para-hydroxylation sites is 1. The fraction of sp³-hybridized carbons (Fsp3) is 0.0588. The summed E-state index contributed by atoms with van der Waals surface area (Å²) in [5.41, 5.74) is 1.95. The van der Waals surface area contributed by atoms with Crippen LogP contribution in [0.25, 0.3) is 16.9 Å². The second-order valence-corrected chi connectivity index (χ2v) is 5.28. The summed E-state index contributed by atoms with van der Waals surface area (Å²) in [5, 5.41) is 23.2. The quantitative estimate of drug-likeness (QED) is 0.770. The van der Waals surface area contributed by atoms with Crippen molar-refractivity contribution in [3.8, 4) is 16.9 Å². The number of carboxylic acids is 1. The standard InChI is InChI=1S/C17H13ClN2O3/c18-13-14(16(21)17(22)23)19-20(12-9-5-2-6-10-12)15(13)11-7-3-1-4-8-11/h1-10,16,21H,(H,22,23). The highest BCUT2D eigenvalue weighted by atomic mass is 35.5. The minimum Gasteiger partial charge on any atom is -0.479 e. The molecule has 3 rings (SSSR count). The monoisotopic (exact) mass is 328 g/mol. The van der Waals surface area contributed by atoms with Crippen molar-refractivity contribution < 1.29 is 15.0 Å². The average molecular weight is 329 g/mol. The Hall–Kier alpha value is -2.63. The molecule has 1 heterocycles. The maximum absolute atomic E-state index is 11.1. The summed E-state index contributed by atoms with van der Waals surface area (Å²) in [6.45, 7) is 0. The number of benzene rings is 2. The van der Waals surface area contributed by atoms with E-state index in [0.29, 0.717) is 5.69 Å². The minimum atomic E-state index is -1.78. The van der Waals surface area contributed by atoms with Crippen molar-refractivity contribution in [2.24, 2.45) is 0 Å². The lowest BCUT2D eigenvalue weighted by atomic mass is 10.1. The number of aliphatic hydroxyl groups is 1. The molecule has 0 amide bonds. The molecule has 0 spiro atoms. The van der Waals surface area contributed by atoms with E-state index in [9.17, 15) is 9.90 Å². The fourth-order valence-electron chi connectivity index (χ4n) is 2.31. The Bertz CT molecular complexity index is 832. The number of rotatable bonds is 4. The Morgan fingerprint density at radius 2 is 1.61 bits per heavy atom. The molecule has 1 atom stereocenters. The molecular weight excluding hydrogens is 316 g/mol. The molecule has 0 aliphatic heterocycles. The van der Waals surface area contributed by atoms with Gasteiger partial charge in [0.2, 0.25) is 0 Å². The maximum Gasteiger partial charge on any atom is 0.338 e. The fourth-order valence-corrected chi connectivity index (χ4v) is 2.64. The van der Waals surface area contributed by atoms with Gasteiger partial charge in [-0.1, -0.05) is 60.1 Å². The molecule has 0 bridgehead atoms. The first-order valence-corrected chi connectivity index (χ1v) is 7.27. The van der Waals surface area contributed by atoms with Crippen LogP contribution < -0.4 is 0 Å². The van der Waals surface area contributed by atoms with Gasteiger partial charge in [-0.15, -0.1) is 0 Å². The molecule has 0 saturated carbocycles. The molecule has 0 saturated heterocycles. The number of carboxylic acid groups (broad SMARTS) is 1. The number of hydrogen-bond acceptors (Lipinski definition) is 3. The Morgan fingerprint density at radius 1 is 1.04 bits per heavy atom. The third-order valence-corrected chi connectivity index (χ3v) is 3.77. The molecule has 0 fully saturated rings. The van der Waals surface area contributed by atoms with Crippen LogP contribution in [0.15, 0.2) is 60.7 Å². The Balaban J connectivity index is 2.26. The summed E-state index contributed by atoms with van der Waals surface area (Å²) in [7, 11) is 0. The van der Waals surface area contributed by atoms with Gasteiger partial charge in [0.25, 0.3) is 0 Å². The van der Waals surface area contributed by atoms with Gasteiger partial charge >= 0.3 is 5.97 Å². The van der Waals surface area contributed by atoms with Crippen molar-refractivity contribution in [3.63, 3.8) is 0 Å². The van der Waals surface area contributed by atoms with Crippen LogP contribution >= 0.6 is 11.6 Å². The van der Waals surface area contributed by atoms with Gasteiger partial charge < -0.3 is 10.2 Å². The number of aliphatic carboxylic acids is 1. The van der Waals surface area contributed by atoms with Crippen LogP contribution in [0.1, 0.15) is 11.8 Å². The maximum atomic E-state index is 11.1. The summed E-state index contributed by atoms with van der Waals surface area (Å²) in [6.07, 6.45) is -1.78. The van der Waals surface area contributed by atoms with Gasteiger partial charge in [0.1, 0.15) is 5.69 Å². The van der Waals surface area contributed by atoms with Crippen LogP contribution in [0, 0.1) is 0 Å². The van der Waals surface area contributed by atoms with Crippen molar-refractivity contribution in [1.82, 2.24) is 9.78 Å². The lowest BCUT2D eigenvalue weighted by molar-refractivity contribution is -0.147. The lowest BCUT2D eigenvalue weighted by Crippen LogP contribution is -2.12. The van der Waals surface area contributed by atoms with Gasteiger partial charge in [0.15, 0.2) is 6.10 Å². The highest BCUT2D eigenvalue weighted by Gasteiger charge is 2.27. The van der Waals surface area contributed by atoms with E-state index in [1.807, 2.05) is 60.7 Å². The molecule has 0 radical (unpaired) electrons. The first kappa shape index (κ1) is 15.3. The molecule has 6 heteroatoms. The van der Waals surface area contributed by atoms with E-state index in [1.54, 1.807) is 4.68 Å². The second-order valence-electron chi connectivity index (χ2n) is 4.90. The topological polar surface area (TPSA) is 75.3 Å². The van der Waals surface area contributed by atoms with E-state index in [4.69, 9.17) is 16.7 Å². The van der Waals surface area contributed by atoms with Gasteiger partial charge in [-0.25, -0.2) is 9.48 Å². The summed E-state index contributed by atoms with van der Waals surface area (Å²) in [6, 6.07) is 18.5. The third kappa shape index (κ3) is 2.84. The molecule has 5 nitrogen and oxygen atoms in total. The highest BCUT2D eigenvalue weighted by molar-refractivity contribution is 6.34. The van der Waals surface area contributed by atoms with Crippen molar-refractivity contribution in [2.45, 2.75) is 6.10 Å². The first-order chi connectivity index (χ1) is 11.1. The van der Waals surface area contributed by atoms with Crippen molar-refractivity contribution >= 4 is 17.6 Å². The minimum absolute atomic E-state index is 0.0816. The van der Waals surface area contributed by atoms with E-state index < -0.39 is 12.1 Å². The first-order valence-electron chi connectivity index (χ1n) is 6.89. The summed E-state index contributed by atoms with van der Waals surface area (Å²) < 4.78 is 1.54. The van der Waals surface area contributed by atoms with Crippen LogP contribution in [0.4, 0.5) is 0 Å². The van der Waals surface area contributed by atoms with Crippen LogP contribution in [-0.4, -0.2) is 26.0 Å². The normalized spacial score (nSPS) is 12.1. The number of nitrogens with zero attached hydrogens (tertiary/aromatic N) is 2. The average Bonchev–Trinajstić information content (AvgIpc) is 2.93. The molecule has 0 aliphatic carbocycles. The van der Waals surface area contributed by atoms with Gasteiger partial charge in [0.05, 0.1) is 16.4 Å². The molecule has 0 aliphatic rings. The van der Waals surface area contributed by atoms with Crippen molar-refractivity contribution in [1.29, 1.82) is 0 Å². The van der Waals surface area contributed by atoms with Crippen LogP contribution in [0.5, 0.6) is 0 Å². The zero-order valence-electron chi connectivity index (χ0n) is 11.9. The SMILES string of the molecule is O=C(O)C(O)c1nn(-c2ccccc2)c(-c2ccccc2)c1Cl. The highest BCUT2D eigenvalue weighted by Crippen LogP contribution is 2.35. The predicted molar refractivity (Wildman–Crippen MR) is 86.6 cm³/mol. The van der Waals surface area contributed by atoms with Gasteiger partial charge in [-0.3, -0.25) is 0 Å². The summed E-state index contributed by atoms with van der Waals surface area (Å²) >= 11 is 6.35. The van der Waals surface area contributed by atoms with Crippen LogP contribution in [-0.2, 0) is 4.79 Å². The number of halogens is 1. The molecular formula is C17H13ClN2O3. The van der Waals surface area contributed by atoms with Gasteiger partial charge in [-0.2, -0.15) is 5.10 Å². The molecule has 3 aromatic rings. The van der Waals surface area contributed by atoms with E-state index >= 15 is 0 Å². The van der Waals surface area contributed by atoms with Crippen molar-refractivity contribution in [3.05, 3.63) is 71.4 Å². The zero-order valence-corrected chi connectivity index (χ0v) is 12.7. The number of aromatic nitrogens is 2. The Kier molecular flexibility index (Phi) is 4.14. The molecule has 1 unspecified atom stereocenters. The summed E-state index contributed by atoms with van der Waals surface area (Å²) in [4.78, 5) is 11.1. The number of aliphatic hydroxyl groups excluding tert-OH is 1. The molecule has 23 heavy (non-hydrogen) atoms. The second kappa shape index (κ2) is 6.24. The molecule has 116 valence electrons. The van der Waals surface area contributed by atoms with Crippen molar-refractivity contribution in [2.75, 3.05) is 0 Å². The lowest BCUT2D eigenvalue weighted by Gasteiger charge is -2.07. The Labute approximate surface area is 137 Å². The molecule has 2 aromatic carbocycles. The van der Waals surface area contributed by atoms with Crippen LogP contribution in [0.3, 0.4) is 0 Å². The molecule has 2 N–H and O–H groups in total. The predicted octanol–water partition coefficient (Wildman–Crippen LogP) is 3.31. The number of carbonyl (C=O) groups is 1. The van der Waals surface area contributed by atoms with E-state index in [1.165, 1.54) is 0 Å². The van der Waals surface area contributed by atoms with E-state index in [-0.39, 0.29) is 10.7 Å². The van der Waals surface area contributed by atoms with E-state index in [2.05, 4.69) is 5.10 Å². The molecule has 1 aromatic heterocycles.